The van der Waals surface area contributed by atoms with Crippen LogP contribution in [0.2, 0.25) is 0 Å². The molecular weight excluding hydrogens is 352 g/mol. The van der Waals surface area contributed by atoms with E-state index in [2.05, 4.69) is 0 Å². The molecule has 0 spiro atoms. The maximum absolute atomic E-state index is 13.5. The number of aliphatic hydroxyl groups excluding tert-OH is 1. The Labute approximate surface area is 125 Å². The number of hydrogen-bond acceptors (Lipinski definition) is 4. The lowest BCUT2D eigenvalue weighted by Gasteiger charge is -2.20. The van der Waals surface area contributed by atoms with Gasteiger partial charge in [-0.05, 0) is 6.42 Å². The van der Waals surface area contributed by atoms with Crippen molar-refractivity contribution in [1.82, 2.24) is 0 Å². The summed E-state index contributed by atoms with van der Waals surface area (Å²) in [4.78, 5) is 20.0. The molecule has 2 unspecified atom stereocenters. The van der Waals surface area contributed by atoms with Crippen LogP contribution >= 0.6 is 7.37 Å². The third-order valence-corrected chi connectivity index (χ3v) is 4.88. The van der Waals surface area contributed by atoms with Crippen LogP contribution in [-0.4, -0.2) is 33.3 Å². The van der Waals surface area contributed by atoms with E-state index >= 15 is 0 Å². The van der Waals surface area contributed by atoms with Gasteiger partial charge in [-0.15, -0.1) is 0 Å². The Morgan fingerprint density at radius 1 is 1.04 bits per heavy atom. The third-order valence-electron chi connectivity index (χ3n) is 2.96. The standard InChI is InChI=1S/C11H11F5NO5P/c12-5-4(6(13)8(15)9(16)7(5)14)11(20)23(21,22)2-1-3(17)10(18)19/h3,11,20H,1-2,17H2,(H,18,19)(H,21,22)/t3-,11?/m0/s1. The lowest BCUT2D eigenvalue weighted by Crippen LogP contribution is -2.31. The number of aliphatic hydroxyl groups is 1. The lowest BCUT2D eigenvalue weighted by molar-refractivity contribution is -0.138. The number of carboxylic acid groups (broad SMARTS) is 1. The highest BCUT2D eigenvalue weighted by atomic mass is 31.2. The second-order valence-corrected chi connectivity index (χ2v) is 7.02. The van der Waals surface area contributed by atoms with Gasteiger partial charge in [0.25, 0.3) is 0 Å². The van der Waals surface area contributed by atoms with Gasteiger partial charge in [0.05, 0.1) is 5.56 Å². The summed E-state index contributed by atoms with van der Waals surface area (Å²) in [6.45, 7) is 0. The lowest BCUT2D eigenvalue weighted by atomic mass is 10.2. The number of halogens is 5. The number of benzene rings is 1. The first-order valence-electron chi connectivity index (χ1n) is 5.91. The van der Waals surface area contributed by atoms with Gasteiger partial charge in [-0.25, -0.2) is 22.0 Å². The molecule has 0 heterocycles. The van der Waals surface area contributed by atoms with Gasteiger partial charge < -0.3 is 20.8 Å². The van der Waals surface area contributed by atoms with E-state index in [1.54, 1.807) is 0 Å². The largest absolute Gasteiger partial charge is 0.480 e. The molecule has 0 aliphatic heterocycles. The van der Waals surface area contributed by atoms with Crippen LogP contribution in [0.25, 0.3) is 0 Å². The van der Waals surface area contributed by atoms with Crippen LogP contribution in [-0.2, 0) is 9.36 Å². The Morgan fingerprint density at radius 3 is 1.83 bits per heavy atom. The number of carbonyl (C=O) groups is 1. The van der Waals surface area contributed by atoms with Crippen molar-refractivity contribution in [1.29, 1.82) is 0 Å². The predicted octanol–water partition coefficient (Wildman–Crippen LogP) is 1.45. The van der Waals surface area contributed by atoms with Crippen molar-refractivity contribution in [3.8, 4) is 0 Å². The molecule has 1 aromatic rings. The maximum Gasteiger partial charge on any atom is 0.320 e. The Hall–Kier alpha value is -1.55. The fourth-order valence-electron chi connectivity index (χ4n) is 1.62. The van der Waals surface area contributed by atoms with Crippen LogP contribution in [0.15, 0.2) is 0 Å². The zero-order valence-corrected chi connectivity index (χ0v) is 12.0. The summed E-state index contributed by atoms with van der Waals surface area (Å²) in [6.07, 6.45) is -1.68. The summed E-state index contributed by atoms with van der Waals surface area (Å²) >= 11 is 0. The Balaban J connectivity index is 3.21. The molecule has 3 atom stereocenters. The van der Waals surface area contributed by atoms with Crippen molar-refractivity contribution in [2.45, 2.75) is 18.3 Å². The number of rotatable bonds is 6. The Kier molecular flexibility index (Phi) is 5.86. The highest BCUT2D eigenvalue weighted by Crippen LogP contribution is 2.55. The minimum absolute atomic E-state index is 0.671. The summed E-state index contributed by atoms with van der Waals surface area (Å²) in [5, 5.41) is 18.1. The highest BCUT2D eigenvalue weighted by molar-refractivity contribution is 7.58. The van der Waals surface area contributed by atoms with Gasteiger partial charge in [-0.2, -0.15) is 0 Å². The minimum Gasteiger partial charge on any atom is -0.480 e. The van der Waals surface area contributed by atoms with E-state index in [0.29, 0.717) is 0 Å². The van der Waals surface area contributed by atoms with Crippen molar-refractivity contribution in [2.75, 3.05) is 6.16 Å². The number of nitrogens with two attached hydrogens (primary N) is 1. The van der Waals surface area contributed by atoms with Crippen molar-refractivity contribution >= 4 is 13.3 Å². The first-order valence-corrected chi connectivity index (χ1v) is 7.82. The first-order chi connectivity index (χ1) is 10.4. The van der Waals surface area contributed by atoms with E-state index in [9.17, 15) is 41.3 Å². The molecule has 0 aliphatic rings. The quantitative estimate of drug-likeness (QED) is 0.263. The molecule has 0 saturated heterocycles. The summed E-state index contributed by atoms with van der Waals surface area (Å²) in [6, 6.07) is -1.61. The van der Waals surface area contributed by atoms with Crippen molar-refractivity contribution in [2.24, 2.45) is 5.73 Å². The van der Waals surface area contributed by atoms with E-state index in [-0.39, 0.29) is 0 Å². The second kappa shape index (κ2) is 6.91. The summed E-state index contributed by atoms with van der Waals surface area (Å²) in [5.41, 5.74) is 3.19. The van der Waals surface area contributed by atoms with E-state index in [4.69, 9.17) is 10.8 Å². The fourth-order valence-corrected chi connectivity index (χ4v) is 3.14. The van der Waals surface area contributed by atoms with E-state index in [1.807, 2.05) is 0 Å². The summed E-state index contributed by atoms with van der Waals surface area (Å²) in [5.74, 6) is -16.7. The van der Waals surface area contributed by atoms with Gasteiger partial charge in [0, 0.05) is 6.16 Å². The van der Waals surface area contributed by atoms with E-state index in [0.717, 1.165) is 0 Å². The molecule has 130 valence electrons. The normalized spacial score (nSPS) is 16.7. The zero-order chi connectivity index (χ0) is 18.1. The van der Waals surface area contributed by atoms with Crippen LogP contribution < -0.4 is 5.73 Å². The van der Waals surface area contributed by atoms with Crippen LogP contribution in [0.5, 0.6) is 0 Å². The van der Waals surface area contributed by atoms with Gasteiger partial charge in [0.15, 0.2) is 29.1 Å². The van der Waals surface area contributed by atoms with Crippen molar-refractivity contribution in [3.05, 3.63) is 34.6 Å². The second-order valence-electron chi connectivity index (χ2n) is 4.57. The van der Waals surface area contributed by atoms with Crippen LogP contribution in [0.3, 0.4) is 0 Å². The molecule has 6 nitrogen and oxygen atoms in total. The molecule has 0 fully saturated rings. The first kappa shape index (κ1) is 19.5. The highest BCUT2D eigenvalue weighted by Gasteiger charge is 2.39. The summed E-state index contributed by atoms with van der Waals surface area (Å²) in [7, 11) is -4.93. The molecule has 0 aliphatic carbocycles. The molecule has 12 heteroatoms. The van der Waals surface area contributed by atoms with Gasteiger partial charge in [0.1, 0.15) is 6.04 Å². The molecular formula is C11H11F5NO5P. The Bertz CT molecular complexity index is 656. The van der Waals surface area contributed by atoms with Crippen molar-refractivity contribution in [3.63, 3.8) is 0 Å². The van der Waals surface area contributed by atoms with Gasteiger partial charge in [-0.1, -0.05) is 0 Å². The van der Waals surface area contributed by atoms with E-state index < -0.39 is 72.5 Å². The molecule has 5 N–H and O–H groups in total. The molecule has 0 amide bonds. The van der Waals surface area contributed by atoms with Crippen LogP contribution in [0.1, 0.15) is 17.8 Å². The molecule has 1 rings (SSSR count). The van der Waals surface area contributed by atoms with Crippen LogP contribution in [0.4, 0.5) is 22.0 Å². The Morgan fingerprint density at radius 2 is 1.43 bits per heavy atom. The molecule has 0 saturated carbocycles. The monoisotopic (exact) mass is 363 g/mol. The number of aliphatic carboxylic acids is 1. The molecule has 1 aromatic carbocycles. The van der Waals surface area contributed by atoms with Gasteiger partial charge >= 0.3 is 5.97 Å². The van der Waals surface area contributed by atoms with Gasteiger partial charge in [-0.3, -0.25) is 9.36 Å². The zero-order valence-electron chi connectivity index (χ0n) is 11.1. The van der Waals surface area contributed by atoms with Gasteiger partial charge in [0.2, 0.25) is 13.2 Å². The smallest absolute Gasteiger partial charge is 0.320 e. The third kappa shape index (κ3) is 3.86. The molecule has 0 radical (unpaired) electrons. The van der Waals surface area contributed by atoms with Crippen LogP contribution in [0, 0.1) is 29.1 Å². The predicted molar refractivity (Wildman–Crippen MR) is 66.1 cm³/mol. The van der Waals surface area contributed by atoms with Crippen molar-refractivity contribution < 1.29 is 46.4 Å². The van der Waals surface area contributed by atoms with E-state index in [1.165, 1.54) is 0 Å². The molecule has 0 aromatic heterocycles. The minimum atomic E-state index is -4.93. The maximum atomic E-state index is 13.5. The molecule has 23 heavy (non-hydrogen) atoms. The topological polar surface area (TPSA) is 121 Å². The fraction of sp³-hybridized carbons (Fsp3) is 0.364. The average molecular weight is 363 g/mol. The number of carboxylic acids is 1. The average Bonchev–Trinajstić information content (AvgIpc) is 2.48. The summed E-state index contributed by atoms with van der Waals surface area (Å²) < 4.78 is 77.7. The SMILES string of the molecule is N[C@@H](CCP(=O)(O)C(O)c1c(F)c(F)c(F)c(F)c1F)C(=O)O. The number of hydrogen-bond donors (Lipinski definition) is 4. The molecule has 0 bridgehead atoms.